The van der Waals surface area contributed by atoms with Crippen LogP contribution in [0.15, 0.2) is 42.5 Å². The monoisotopic (exact) mass is 401 g/mol. The molecule has 0 N–H and O–H groups in total. The first-order chi connectivity index (χ1) is 13.0. The van der Waals surface area contributed by atoms with Gasteiger partial charge in [-0.1, -0.05) is 6.07 Å². The topological polar surface area (TPSA) is 42.2 Å². The van der Waals surface area contributed by atoms with Gasteiger partial charge in [-0.3, -0.25) is 0 Å². The number of nitriles is 1. The molecule has 9 heteroatoms. The number of hydrogen-bond donors (Lipinski definition) is 0. The third-order valence-electron chi connectivity index (χ3n) is 3.80. The molecule has 0 heterocycles. The molecular weight excluding hydrogens is 388 g/mol. The minimum Gasteiger partial charge on any atom is -0.493 e. The highest BCUT2D eigenvalue weighted by Gasteiger charge is 2.37. The lowest BCUT2D eigenvalue weighted by molar-refractivity contribution is -0.143. The molecule has 3 nitrogen and oxygen atoms in total. The maximum Gasteiger partial charge on any atom is 0.416 e. The maximum absolute atomic E-state index is 13.1. The van der Waals surface area contributed by atoms with Crippen molar-refractivity contribution in [1.29, 1.82) is 5.26 Å². The number of allylic oxidation sites excluding steroid dienone is 1. The molecule has 0 aliphatic carbocycles. The zero-order chi connectivity index (χ0) is 21.1. The number of ether oxygens (including phenoxy) is 2. The first-order valence-corrected chi connectivity index (χ1v) is 7.63. The number of hydrogen-bond acceptors (Lipinski definition) is 3. The van der Waals surface area contributed by atoms with Gasteiger partial charge in [-0.2, -0.15) is 31.6 Å². The van der Waals surface area contributed by atoms with E-state index in [9.17, 15) is 26.3 Å². The molecule has 2 aromatic carbocycles. The first-order valence-electron chi connectivity index (χ1n) is 7.63. The molecule has 148 valence electrons. The van der Waals surface area contributed by atoms with E-state index in [1.54, 1.807) is 6.07 Å². The van der Waals surface area contributed by atoms with Crippen LogP contribution in [0.3, 0.4) is 0 Å². The van der Waals surface area contributed by atoms with E-state index in [0.717, 1.165) is 6.08 Å². The molecule has 2 rings (SSSR count). The zero-order valence-corrected chi connectivity index (χ0v) is 14.6. The van der Waals surface area contributed by atoms with Crippen LogP contribution in [0.1, 0.15) is 22.3 Å². The van der Waals surface area contributed by atoms with Crippen molar-refractivity contribution < 1.29 is 35.8 Å². The summed E-state index contributed by atoms with van der Waals surface area (Å²) in [4.78, 5) is 0. The molecule has 0 aromatic heterocycles. The lowest BCUT2D eigenvalue weighted by Crippen LogP contribution is -2.11. The molecule has 0 aliphatic heterocycles. The van der Waals surface area contributed by atoms with Crippen LogP contribution in [-0.4, -0.2) is 14.2 Å². The van der Waals surface area contributed by atoms with Crippen molar-refractivity contribution in [1.82, 2.24) is 0 Å². The average molecular weight is 401 g/mol. The Balaban J connectivity index is 2.74. The van der Waals surface area contributed by atoms with Crippen LogP contribution in [0.25, 0.3) is 5.57 Å². The standard InChI is InChI=1S/C19H13F6NO2/c1-27-16-4-3-11(9-17(16)28-2)15(5-6-26)12-7-13(18(20,21)22)10-14(8-12)19(23,24)25/h3-5,7-10H,1-2H3/b15-5+. The number of methoxy groups -OCH3 is 2. The van der Waals surface area contributed by atoms with Crippen molar-refractivity contribution in [3.05, 3.63) is 64.7 Å². The summed E-state index contributed by atoms with van der Waals surface area (Å²) in [5.74, 6) is 0.509. The fraction of sp³-hybridized carbons (Fsp3) is 0.211. The SMILES string of the molecule is COc1ccc(/C(=C\C#N)c2cc(C(F)(F)F)cc(C(F)(F)F)c2)cc1OC. The number of rotatable bonds is 4. The highest BCUT2D eigenvalue weighted by atomic mass is 19.4. The summed E-state index contributed by atoms with van der Waals surface area (Å²) in [5.41, 5.74) is -3.29. The van der Waals surface area contributed by atoms with Gasteiger partial charge in [-0.25, -0.2) is 0 Å². The Kier molecular flexibility index (Phi) is 5.92. The number of halogens is 6. The van der Waals surface area contributed by atoms with Crippen LogP contribution >= 0.6 is 0 Å². The fourth-order valence-electron chi connectivity index (χ4n) is 2.51. The van der Waals surface area contributed by atoms with E-state index >= 15 is 0 Å². The van der Waals surface area contributed by atoms with Gasteiger partial charge in [-0.15, -0.1) is 0 Å². The lowest BCUT2D eigenvalue weighted by Gasteiger charge is -2.16. The van der Waals surface area contributed by atoms with Crippen LogP contribution in [0.5, 0.6) is 11.5 Å². The Morgan fingerprint density at radius 1 is 0.821 bits per heavy atom. The lowest BCUT2D eigenvalue weighted by atomic mass is 9.93. The Morgan fingerprint density at radius 3 is 1.79 bits per heavy atom. The maximum atomic E-state index is 13.1. The average Bonchev–Trinajstić information content (AvgIpc) is 2.63. The predicted molar refractivity (Wildman–Crippen MR) is 88.7 cm³/mol. The molecular formula is C19H13F6NO2. The quantitative estimate of drug-likeness (QED) is 0.488. The van der Waals surface area contributed by atoms with Crippen molar-refractivity contribution in [3.63, 3.8) is 0 Å². The van der Waals surface area contributed by atoms with E-state index in [2.05, 4.69) is 0 Å². The molecule has 0 atom stereocenters. The largest absolute Gasteiger partial charge is 0.493 e. The molecule has 0 spiro atoms. The summed E-state index contributed by atoms with van der Waals surface area (Å²) in [7, 11) is 2.69. The Bertz CT molecular complexity index is 907. The third-order valence-corrected chi connectivity index (χ3v) is 3.80. The second kappa shape index (κ2) is 7.84. The molecule has 0 unspecified atom stereocenters. The van der Waals surface area contributed by atoms with Crippen molar-refractivity contribution >= 4 is 5.57 Å². The van der Waals surface area contributed by atoms with Crippen molar-refractivity contribution in [2.45, 2.75) is 12.4 Å². The Hall–Kier alpha value is -3.15. The summed E-state index contributed by atoms with van der Waals surface area (Å²) in [6, 6.07) is 7.00. The molecule has 0 radical (unpaired) electrons. The summed E-state index contributed by atoms with van der Waals surface area (Å²) >= 11 is 0. The van der Waals surface area contributed by atoms with Crippen LogP contribution < -0.4 is 9.47 Å². The number of benzene rings is 2. The van der Waals surface area contributed by atoms with Gasteiger partial charge in [0.2, 0.25) is 0 Å². The number of nitrogens with zero attached hydrogens (tertiary/aromatic N) is 1. The second-order valence-corrected chi connectivity index (χ2v) is 5.55. The van der Waals surface area contributed by atoms with E-state index in [1.165, 1.54) is 32.4 Å². The van der Waals surface area contributed by atoms with E-state index in [4.69, 9.17) is 14.7 Å². The molecule has 28 heavy (non-hydrogen) atoms. The second-order valence-electron chi connectivity index (χ2n) is 5.55. The van der Waals surface area contributed by atoms with Gasteiger partial charge in [0.1, 0.15) is 0 Å². The van der Waals surface area contributed by atoms with Gasteiger partial charge in [0.25, 0.3) is 0 Å². The summed E-state index contributed by atoms with van der Waals surface area (Å²) in [5, 5.41) is 9.02. The summed E-state index contributed by atoms with van der Waals surface area (Å²) in [6.07, 6.45) is -9.12. The van der Waals surface area contributed by atoms with Crippen LogP contribution in [0.2, 0.25) is 0 Å². The van der Waals surface area contributed by atoms with Crippen molar-refractivity contribution in [2.75, 3.05) is 14.2 Å². The van der Waals surface area contributed by atoms with Gasteiger partial charge in [0.15, 0.2) is 11.5 Å². The normalized spacial score (nSPS) is 12.5. The van der Waals surface area contributed by atoms with Gasteiger partial charge < -0.3 is 9.47 Å². The van der Waals surface area contributed by atoms with E-state index in [0.29, 0.717) is 17.9 Å². The molecule has 0 bridgehead atoms. The highest BCUT2D eigenvalue weighted by Crippen LogP contribution is 2.39. The van der Waals surface area contributed by atoms with E-state index in [-0.39, 0.29) is 23.0 Å². The molecule has 0 saturated carbocycles. The summed E-state index contributed by atoms with van der Waals surface area (Å²) < 4.78 is 88.9. The van der Waals surface area contributed by atoms with Crippen molar-refractivity contribution in [3.8, 4) is 17.6 Å². The molecule has 0 fully saturated rings. The molecule has 0 amide bonds. The minimum atomic E-state index is -4.99. The number of alkyl halides is 6. The van der Waals surface area contributed by atoms with Crippen LogP contribution in [-0.2, 0) is 12.4 Å². The van der Waals surface area contributed by atoms with Gasteiger partial charge in [0, 0.05) is 6.08 Å². The predicted octanol–water partition coefficient (Wildman–Crippen LogP) is 5.70. The third kappa shape index (κ3) is 4.57. The highest BCUT2D eigenvalue weighted by molar-refractivity contribution is 5.82. The van der Waals surface area contributed by atoms with Gasteiger partial charge >= 0.3 is 12.4 Å². The Morgan fingerprint density at radius 2 is 1.36 bits per heavy atom. The smallest absolute Gasteiger partial charge is 0.416 e. The minimum absolute atomic E-state index is 0.0299. The van der Waals surface area contributed by atoms with E-state index < -0.39 is 29.0 Å². The molecule has 2 aromatic rings. The Labute approximate surface area is 156 Å². The molecule has 0 saturated heterocycles. The van der Waals surface area contributed by atoms with Crippen LogP contribution in [0, 0.1) is 11.3 Å². The summed E-state index contributed by atoms with van der Waals surface area (Å²) in [6.45, 7) is 0. The van der Waals surface area contributed by atoms with Gasteiger partial charge in [-0.05, 0) is 47.0 Å². The van der Waals surface area contributed by atoms with Gasteiger partial charge in [0.05, 0.1) is 31.4 Å². The first kappa shape index (κ1) is 21.2. The molecule has 0 aliphatic rings. The fourth-order valence-corrected chi connectivity index (χ4v) is 2.51. The van der Waals surface area contributed by atoms with Crippen LogP contribution in [0.4, 0.5) is 26.3 Å². The zero-order valence-electron chi connectivity index (χ0n) is 14.6. The van der Waals surface area contributed by atoms with E-state index in [1.807, 2.05) is 0 Å². The van der Waals surface area contributed by atoms with Crippen molar-refractivity contribution in [2.24, 2.45) is 0 Å².